The van der Waals surface area contributed by atoms with E-state index in [0.717, 1.165) is 17.0 Å². The van der Waals surface area contributed by atoms with Crippen LogP contribution in [0.25, 0.3) is 11.1 Å². The smallest absolute Gasteiger partial charge is 0.0487 e. The molecule has 0 bridgehead atoms. The summed E-state index contributed by atoms with van der Waals surface area (Å²) in [6.07, 6.45) is 1.05. The number of hydrogen-bond acceptors (Lipinski definition) is 0. The van der Waals surface area contributed by atoms with Crippen LogP contribution in [-0.2, 0) is 11.8 Å². The third kappa shape index (κ3) is 3.19. The lowest BCUT2D eigenvalue weighted by atomic mass is 9.86. The van der Waals surface area contributed by atoms with Gasteiger partial charge in [0.2, 0.25) is 0 Å². The molecule has 0 nitrogen and oxygen atoms in total. The van der Waals surface area contributed by atoms with E-state index in [0.29, 0.717) is 0 Å². The molecule has 100 valence electrons. The minimum atomic E-state index is 0.132. The minimum Gasteiger partial charge on any atom is -0.0837 e. The Balaban J connectivity index is 2.46. The monoisotopic (exact) mass is 272 g/mol. The maximum atomic E-state index is 6.47. The summed E-state index contributed by atoms with van der Waals surface area (Å²) in [7, 11) is 0. The Morgan fingerprint density at radius 3 is 2.32 bits per heavy atom. The lowest BCUT2D eigenvalue weighted by molar-refractivity contribution is 0.590. The summed E-state index contributed by atoms with van der Waals surface area (Å²) in [6.45, 7) is 8.78. The van der Waals surface area contributed by atoms with Crippen molar-refractivity contribution in [3.05, 3.63) is 58.6 Å². The van der Waals surface area contributed by atoms with Crippen molar-refractivity contribution in [3.8, 4) is 11.1 Å². The van der Waals surface area contributed by atoms with Crippen LogP contribution in [0.5, 0.6) is 0 Å². The molecular weight excluding hydrogens is 252 g/mol. The van der Waals surface area contributed by atoms with Crippen LogP contribution < -0.4 is 0 Å². The van der Waals surface area contributed by atoms with E-state index in [2.05, 4.69) is 70.2 Å². The van der Waals surface area contributed by atoms with Gasteiger partial charge in [-0.15, -0.1) is 0 Å². The van der Waals surface area contributed by atoms with Crippen LogP contribution in [0.1, 0.15) is 38.8 Å². The summed E-state index contributed by atoms with van der Waals surface area (Å²) in [5, 5.41) is 0.834. The fourth-order valence-electron chi connectivity index (χ4n) is 2.17. The lowest BCUT2D eigenvalue weighted by Gasteiger charge is -2.20. The summed E-state index contributed by atoms with van der Waals surface area (Å²) in [6, 6.07) is 15.0. The summed E-state index contributed by atoms with van der Waals surface area (Å²) in [5.41, 5.74) is 5.06. The second-order valence-corrected chi connectivity index (χ2v) is 6.41. The lowest BCUT2D eigenvalue weighted by Crippen LogP contribution is -2.10. The van der Waals surface area contributed by atoms with Gasteiger partial charge in [0.25, 0.3) is 0 Å². The second kappa shape index (κ2) is 5.38. The van der Waals surface area contributed by atoms with Crippen molar-refractivity contribution in [1.82, 2.24) is 0 Å². The van der Waals surface area contributed by atoms with E-state index in [-0.39, 0.29) is 5.41 Å². The molecule has 0 radical (unpaired) electrons. The molecule has 0 saturated carbocycles. The number of rotatable bonds is 2. The average Bonchev–Trinajstić information content (AvgIpc) is 2.37. The Morgan fingerprint density at radius 1 is 1.00 bits per heavy atom. The van der Waals surface area contributed by atoms with Gasteiger partial charge in [-0.2, -0.15) is 0 Å². The maximum Gasteiger partial charge on any atom is 0.0487 e. The molecule has 0 amide bonds. The number of aryl methyl sites for hydroxylation is 1. The highest BCUT2D eigenvalue weighted by atomic mass is 35.5. The van der Waals surface area contributed by atoms with Crippen LogP contribution in [0.2, 0.25) is 5.02 Å². The van der Waals surface area contributed by atoms with Crippen LogP contribution in [0, 0.1) is 0 Å². The third-order valence-corrected chi connectivity index (χ3v) is 3.79. The van der Waals surface area contributed by atoms with Crippen molar-refractivity contribution in [1.29, 1.82) is 0 Å². The second-order valence-electron chi connectivity index (χ2n) is 6.00. The maximum absolute atomic E-state index is 6.47. The molecule has 0 fully saturated rings. The van der Waals surface area contributed by atoms with Gasteiger partial charge in [-0.25, -0.2) is 0 Å². The van der Waals surface area contributed by atoms with Gasteiger partial charge in [-0.3, -0.25) is 0 Å². The van der Waals surface area contributed by atoms with Crippen LogP contribution in [0.4, 0.5) is 0 Å². The zero-order chi connectivity index (χ0) is 14.0. The standard InChI is InChI=1S/C18H21Cl/c1-5-13-7-6-8-14(11-13)16-10-9-15(12-17(16)19)18(2,3)4/h6-12H,5H2,1-4H3. The molecule has 0 aliphatic rings. The molecule has 0 aliphatic carbocycles. The van der Waals surface area contributed by atoms with Gasteiger partial charge >= 0.3 is 0 Å². The van der Waals surface area contributed by atoms with E-state index < -0.39 is 0 Å². The SMILES string of the molecule is CCc1cccc(-c2ccc(C(C)(C)C)cc2Cl)c1. The van der Waals surface area contributed by atoms with Gasteiger partial charge in [-0.05, 0) is 34.6 Å². The summed E-state index contributed by atoms with van der Waals surface area (Å²) >= 11 is 6.47. The molecule has 1 heteroatoms. The highest BCUT2D eigenvalue weighted by molar-refractivity contribution is 6.33. The van der Waals surface area contributed by atoms with Gasteiger partial charge < -0.3 is 0 Å². The molecule has 0 aliphatic heterocycles. The van der Waals surface area contributed by atoms with Gasteiger partial charge in [0.15, 0.2) is 0 Å². The molecule has 2 rings (SSSR count). The molecule has 2 aromatic carbocycles. The molecule has 0 spiro atoms. The number of hydrogen-bond donors (Lipinski definition) is 0. The first-order valence-electron chi connectivity index (χ1n) is 6.81. The Labute approximate surface area is 121 Å². The Hall–Kier alpha value is -1.27. The van der Waals surface area contributed by atoms with Gasteiger partial charge in [0.05, 0.1) is 0 Å². The van der Waals surface area contributed by atoms with Crippen LogP contribution in [0.3, 0.4) is 0 Å². The highest BCUT2D eigenvalue weighted by Crippen LogP contribution is 2.33. The molecule has 19 heavy (non-hydrogen) atoms. The predicted molar refractivity (Wildman–Crippen MR) is 85.0 cm³/mol. The van der Waals surface area contributed by atoms with Crippen molar-refractivity contribution in [2.75, 3.05) is 0 Å². The van der Waals surface area contributed by atoms with Crippen molar-refractivity contribution in [3.63, 3.8) is 0 Å². The highest BCUT2D eigenvalue weighted by Gasteiger charge is 2.15. The zero-order valence-electron chi connectivity index (χ0n) is 12.1. The molecule has 0 N–H and O–H groups in total. The molecule has 0 aromatic heterocycles. The summed E-state index contributed by atoms with van der Waals surface area (Å²) in [5.74, 6) is 0. The van der Waals surface area contributed by atoms with Crippen molar-refractivity contribution >= 4 is 11.6 Å². The third-order valence-electron chi connectivity index (χ3n) is 3.48. The Bertz CT molecular complexity index is 576. The minimum absolute atomic E-state index is 0.132. The quantitative estimate of drug-likeness (QED) is 0.642. The first-order valence-corrected chi connectivity index (χ1v) is 7.19. The first-order chi connectivity index (χ1) is 8.91. The first kappa shape index (κ1) is 14.1. The van der Waals surface area contributed by atoms with Crippen LogP contribution >= 0.6 is 11.6 Å². The topological polar surface area (TPSA) is 0 Å². The van der Waals surface area contributed by atoms with E-state index >= 15 is 0 Å². The van der Waals surface area contributed by atoms with Gasteiger partial charge in [-0.1, -0.05) is 75.7 Å². The van der Waals surface area contributed by atoms with E-state index in [9.17, 15) is 0 Å². The summed E-state index contributed by atoms with van der Waals surface area (Å²) < 4.78 is 0. The normalized spacial score (nSPS) is 11.6. The molecule has 2 aromatic rings. The van der Waals surface area contributed by atoms with Gasteiger partial charge in [0.1, 0.15) is 0 Å². The van der Waals surface area contributed by atoms with Crippen LogP contribution in [0.15, 0.2) is 42.5 Å². The van der Waals surface area contributed by atoms with E-state index in [4.69, 9.17) is 11.6 Å². The fourth-order valence-corrected chi connectivity index (χ4v) is 2.46. The van der Waals surface area contributed by atoms with Crippen molar-refractivity contribution in [2.24, 2.45) is 0 Å². The van der Waals surface area contributed by atoms with Crippen molar-refractivity contribution < 1.29 is 0 Å². The van der Waals surface area contributed by atoms with Crippen LogP contribution in [-0.4, -0.2) is 0 Å². The van der Waals surface area contributed by atoms with E-state index in [1.807, 2.05) is 0 Å². The van der Waals surface area contributed by atoms with E-state index in [1.54, 1.807) is 0 Å². The number of benzene rings is 2. The number of halogens is 1. The molecule has 0 heterocycles. The zero-order valence-corrected chi connectivity index (χ0v) is 12.9. The Kier molecular flexibility index (Phi) is 4.01. The largest absolute Gasteiger partial charge is 0.0837 e. The van der Waals surface area contributed by atoms with Gasteiger partial charge in [0, 0.05) is 10.6 Å². The predicted octanol–water partition coefficient (Wildman–Crippen LogP) is 5.87. The molecule has 0 atom stereocenters. The summed E-state index contributed by atoms with van der Waals surface area (Å²) in [4.78, 5) is 0. The molecule has 0 saturated heterocycles. The van der Waals surface area contributed by atoms with E-state index in [1.165, 1.54) is 16.7 Å². The van der Waals surface area contributed by atoms with Crippen molar-refractivity contribution in [2.45, 2.75) is 39.5 Å². The molecule has 0 unspecified atom stereocenters. The average molecular weight is 273 g/mol. The fraction of sp³-hybridized carbons (Fsp3) is 0.333. The molecular formula is C18H21Cl. The Morgan fingerprint density at radius 2 is 1.74 bits per heavy atom.